The van der Waals surface area contributed by atoms with Gasteiger partial charge < -0.3 is 9.47 Å². The second kappa shape index (κ2) is 7.17. The lowest BCUT2D eigenvalue weighted by Crippen LogP contribution is -2.62. The highest BCUT2D eigenvalue weighted by Crippen LogP contribution is 2.33. The van der Waals surface area contributed by atoms with Crippen molar-refractivity contribution >= 4 is 21.6 Å². The molecule has 0 saturated carbocycles. The van der Waals surface area contributed by atoms with Crippen LogP contribution in [-0.2, 0) is 14.8 Å². The van der Waals surface area contributed by atoms with Crippen LogP contribution in [0.2, 0.25) is 5.02 Å². The van der Waals surface area contributed by atoms with Gasteiger partial charge in [-0.05, 0) is 31.0 Å². The summed E-state index contributed by atoms with van der Waals surface area (Å²) in [7, 11) is -0.376. The Bertz CT molecular complexity index is 683. The summed E-state index contributed by atoms with van der Waals surface area (Å²) < 4.78 is 37.7. The lowest BCUT2D eigenvalue weighted by molar-refractivity contribution is 0.00362. The summed E-state index contributed by atoms with van der Waals surface area (Å²) >= 11 is 5.96. The molecular weight excluding hydrogens is 352 g/mol. The first-order chi connectivity index (χ1) is 11.5. The third kappa shape index (κ3) is 3.41. The van der Waals surface area contributed by atoms with Gasteiger partial charge in [0.15, 0.2) is 0 Å². The minimum atomic E-state index is -3.58. The monoisotopic (exact) mass is 374 g/mol. The summed E-state index contributed by atoms with van der Waals surface area (Å²) in [5, 5.41) is 0.382. The van der Waals surface area contributed by atoms with E-state index in [2.05, 4.69) is 4.90 Å². The Morgan fingerprint density at radius 2 is 1.83 bits per heavy atom. The lowest BCUT2D eigenvalue weighted by Gasteiger charge is -2.46. The van der Waals surface area contributed by atoms with Crippen molar-refractivity contribution in [1.29, 1.82) is 0 Å². The fraction of sp³-hybridized carbons (Fsp3) is 0.625. The fourth-order valence-electron chi connectivity index (χ4n) is 3.31. The lowest BCUT2D eigenvalue weighted by atomic mass is 10.0. The molecule has 0 unspecified atom stereocenters. The average molecular weight is 375 g/mol. The molecule has 1 aromatic rings. The number of hydrogen-bond acceptors (Lipinski definition) is 5. The van der Waals surface area contributed by atoms with Gasteiger partial charge in [0.1, 0.15) is 10.6 Å². The molecule has 2 aliphatic heterocycles. The Hall–Kier alpha value is -0.860. The average Bonchev–Trinajstić information content (AvgIpc) is 2.54. The molecule has 6 nitrogen and oxygen atoms in total. The topological polar surface area (TPSA) is 59.1 Å². The third-order valence-corrected chi connectivity index (χ3v) is 6.99. The molecule has 0 N–H and O–H groups in total. The third-order valence-electron chi connectivity index (χ3n) is 4.90. The van der Waals surface area contributed by atoms with Gasteiger partial charge in [-0.15, -0.1) is 0 Å². The maximum atomic E-state index is 12.8. The molecule has 2 saturated heterocycles. The van der Waals surface area contributed by atoms with E-state index in [1.165, 1.54) is 17.5 Å². The van der Waals surface area contributed by atoms with Crippen LogP contribution in [0.1, 0.15) is 12.8 Å². The van der Waals surface area contributed by atoms with Gasteiger partial charge in [0.05, 0.1) is 13.2 Å². The fourth-order valence-corrected chi connectivity index (χ4v) is 5.24. The highest BCUT2D eigenvalue weighted by molar-refractivity contribution is 7.89. The van der Waals surface area contributed by atoms with Crippen molar-refractivity contribution in [3.05, 3.63) is 23.2 Å². The van der Waals surface area contributed by atoms with E-state index < -0.39 is 10.0 Å². The van der Waals surface area contributed by atoms with Crippen molar-refractivity contribution in [2.45, 2.75) is 29.9 Å². The van der Waals surface area contributed by atoms with E-state index in [4.69, 9.17) is 21.1 Å². The number of piperidine rings is 1. The molecule has 0 atom stereocenters. The van der Waals surface area contributed by atoms with Gasteiger partial charge in [-0.1, -0.05) is 11.6 Å². The van der Waals surface area contributed by atoms with E-state index >= 15 is 0 Å². The first-order valence-corrected chi connectivity index (χ1v) is 9.88. The van der Waals surface area contributed by atoms with Gasteiger partial charge in [0.2, 0.25) is 10.0 Å². The zero-order valence-electron chi connectivity index (χ0n) is 13.9. The smallest absolute Gasteiger partial charge is 0.246 e. The van der Waals surface area contributed by atoms with Crippen molar-refractivity contribution in [2.75, 3.05) is 40.4 Å². The Morgan fingerprint density at radius 3 is 2.42 bits per heavy atom. The van der Waals surface area contributed by atoms with Crippen molar-refractivity contribution in [2.24, 2.45) is 0 Å². The van der Waals surface area contributed by atoms with Crippen molar-refractivity contribution in [1.82, 2.24) is 9.21 Å². The van der Waals surface area contributed by atoms with E-state index in [0.717, 1.165) is 25.9 Å². The summed E-state index contributed by atoms with van der Waals surface area (Å²) in [5.41, 5.74) is 0. The summed E-state index contributed by atoms with van der Waals surface area (Å²) in [6, 6.07) is 4.94. The number of ether oxygens (including phenoxy) is 2. The summed E-state index contributed by atoms with van der Waals surface area (Å²) in [5.74, 6) is 0.323. The number of nitrogens with zero attached hydrogens (tertiary/aromatic N) is 2. The molecular formula is C16H23ClN2O4S. The normalized spacial score (nSPS) is 21.6. The zero-order chi connectivity index (χ0) is 17.3. The molecule has 134 valence electrons. The standard InChI is InChI=1S/C16H23ClN2O4S/c1-22-14-5-7-18(8-6-14)13-10-19(11-13)24(20,21)16-9-12(17)3-4-15(16)23-2/h3-4,9,13-14H,5-8,10-11H2,1-2H3. The zero-order valence-corrected chi connectivity index (χ0v) is 15.5. The van der Waals surface area contributed by atoms with Crippen LogP contribution in [0.4, 0.5) is 0 Å². The van der Waals surface area contributed by atoms with Crippen molar-refractivity contribution in [3.8, 4) is 5.75 Å². The summed E-state index contributed by atoms with van der Waals surface area (Å²) in [4.78, 5) is 2.49. The van der Waals surface area contributed by atoms with Crippen LogP contribution in [0.25, 0.3) is 0 Å². The van der Waals surface area contributed by atoms with Crippen molar-refractivity contribution < 1.29 is 17.9 Å². The van der Waals surface area contributed by atoms with Gasteiger partial charge in [0, 0.05) is 44.4 Å². The van der Waals surface area contributed by atoms with Crippen LogP contribution < -0.4 is 4.74 Å². The van der Waals surface area contributed by atoms with Gasteiger partial charge in [0.25, 0.3) is 0 Å². The Labute approximate surface area is 148 Å². The minimum absolute atomic E-state index is 0.133. The molecule has 0 radical (unpaired) electrons. The van der Waals surface area contributed by atoms with E-state index in [-0.39, 0.29) is 10.9 Å². The molecule has 2 heterocycles. The number of sulfonamides is 1. The van der Waals surface area contributed by atoms with Crippen LogP contribution in [0, 0.1) is 0 Å². The highest BCUT2D eigenvalue weighted by atomic mass is 35.5. The van der Waals surface area contributed by atoms with Gasteiger partial charge in [-0.3, -0.25) is 4.90 Å². The number of hydrogen-bond donors (Lipinski definition) is 0. The van der Waals surface area contributed by atoms with E-state index in [9.17, 15) is 8.42 Å². The van der Waals surface area contributed by atoms with Crippen LogP contribution in [0.15, 0.2) is 23.1 Å². The molecule has 8 heteroatoms. The number of rotatable bonds is 5. The van der Waals surface area contributed by atoms with Crippen LogP contribution in [0.5, 0.6) is 5.75 Å². The van der Waals surface area contributed by atoms with Crippen LogP contribution >= 0.6 is 11.6 Å². The van der Waals surface area contributed by atoms with Crippen LogP contribution in [-0.4, -0.2) is 70.2 Å². The molecule has 0 aliphatic carbocycles. The molecule has 0 amide bonds. The number of methoxy groups -OCH3 is 2. The number of benzene rings is 1. The second-order valence-electron chi connectivity index (χ2n) is 6.24. The highest BCUT2D eigenvalue weighted by Gasteiger charge is 2.41. The maximum Gasteiger partial charge on any atom is 0.246 e. The minimum Gasteiger partial charge on any atom is -0.495 e. The van der Waals surface area contributed by atoms with Crippen molar-refractivity contribution in [3.63, 3.8) is 0 Å². The number of likely N-dealkylation sites (tertiary alicyclic amines) is 1. The quantitative estimate of drug-likeness (QED) is 0.787. The largest absolute Gasteiger partial charge is 0.495 e. The van der Waals surface area contributed by atoms with E-state index in [0.29, 0.717) is 30.0 Å². The van der Waals surface area contributed by atoms with Gasteiger partial charge >= 0.3 is 0 Å². The Balaban J connectivity index is 1.66. The van der Waals surface area contributed by atoms with Gasteiger partial charge in [-0.2, -0.15) is 4.31 Å². The molecule has 1 aromatic carbocycles. The molecule has 24 heavy (non-hydrogen) atoms. The summed E-state index contributed by atoms with van der Waals surface area (Å²) in [6.45, 7) is 2.93. The maximum absolute atomic E-state index is 12.8. The van der Waals surface area contributed by atoms with E-state index in [1.807, 2.05) is 0 Å². The molecule has 0 bridgehead atoms. The van der Waals surface area contributed by atoms with Crippen LogP contribution in [0.3, 0.4) is 0 Å². The molecule has 2 fully saturated rings. The number of halogens is 1. The molecule has 0 spiro atoms. The first-order valence-electron chi connectivity index (χ1n) is 8.06. The SMILES string of the molecule is COc1ccc(Cl)cc1S(=O)(=O)N1CC(N2CCC(OC)CC2)C1. The molecule has 3 rings (SSSR count). The molecule has 2 aliphatic rings. The van der Waals surface area contributed by atoms with Gasteiger partial charge in [-0.25, -0.2) is 8.42 Å². The van der Waals surface area contributed by atoms with E-state index in [1.54, 1.807) is 19.2 Å². The first kappa shape index (κ1) is 17.9. The molecule has 0 aromatic heterocycles. The predicted octanol–water partition coefficient (Wildman–Crippen LogP) is 1.83. The second-order valence-corrected chi connectivity index (χ2v) is 8.58. The predicted molar refractivity (Wildman–Crippen MR) is 92.2 cm³/mol. The summed E-state index contributed by atoms with van der Waals surface area (Å²) in [6.07, 6.45) is 2.33. The Kier molecular flexibility index (Phi) is 5.36. The Morgan fingerprint density at radius 1 is 1.17 bits per heavy atom.